The first kappa shape index (κ1) is 22.5. The number of hydrogen-bond donors (Lipinski definition) is 1. The van der Waals surface area contributed by atoms with E-state index in [1.165, 1.54) is 13.3 Å². The van der Waals surface area contributed by atoms with Crippen molar-refractivity contribution in [2.45, 2.75) is 38.3 Å². The van der Waals surface area contributed by atoms with Crippen molar-refractivity contribution >= 4 is 30.0 Å². The van der Waals surface area contributed by atoms with Gasteiger partial charge in [-0.25, -0.2) is 17.8 Å². The van der Waals surface area contributed by atoms with Crippen LogP contribution in [0.3, 0.4) is 0 Å². The first-order chi connectivity index (χ1) is 15.3. The van der Waals surface area contributed by atoms with Gasteiger partial charge in [-0.2, -0.15) is 0 Å². The second-order valence-corrected chi connectivity index (χ2v) is 8.38. The number of ether oxygens (including phenoxy) is 1. The zero-order valence-corrected chi connectivity index (χ0v) is 18.2. The molecular formula is C21H25BF3N3O4. The quantitative estimate of drug-likeness (QED) is 0.653. The molecule has 2 aromatic rings. The summed E-state index contributed by atoms with van der Waals surface area (Å²) in [5.41, 5.74) is -0.796. The lowest BCUT2D eigenvalue weighted by Crippen LogP contribution is -2.33. The van der Waals surface area contributed by atoms with E-state index in [1.807, 2.05) is 11.9 Å². The standard InChI is InChI=1S/C21H25BF3N3O4/c1-11(26-2)12-6-7-27(9-12)18-16(23)8-14-17(20(18)31-3)28(13-4-5-13)10-15(19(14)29)21(30)32-22(24)25/h8,10-13,26H,4-7,9H2,1-3H3/t11-,12+/m0/s1. The summed E-state index contributed by atoms with van der Waals surface area (Å²) in [6.45, 7) is 3.32. The second-order valence-electron chi connectivity index (χ2n) is 8.38. The van der Waals surface area contributed by atoms with E-state index in [0.29, 0.717) is 24.5 Å². The topological polar surface area (TPSA) is 72.8 Å². The predicted molar refractivity (Wildman–Crippen MR) is 115 cm³/mol. The third-order valence-electron chi connectivity index (χ3n) is 6.46. The van der Waals surface area contributed by atoms with E-state index in [-0.39, 0.29) is 28.9 Å². The lowest BCUT2D eigenvalue weighted by atomic mass is 10.0. The van der Waals surface area contributed by atoms with Crippen LogP contribution in [0.2, 0.25) is 0 Å². The Bertz CT molecular complexity index is 1110. The van der Waals surface area contributed by atoms with Crippen molar-refractivity contribution in [2.24, 2.45) is 5.92 Å². The van der Waals surface area contributed by atoms with Crippen LogP contribution in [0, 0.1) is 11.7 Å². The molecule has 2 atom stereocenters. The predicted octanol–water partition coefficient (Wildman–Crippen LogP) is 3.00. The van der Waals surface area contributed by atoms with E-state index < -0.39 is 30.2 Å². The zero-order valence-electron chi connectivity index (χ0n) is 18.2. The van der Waals surface area contributed by atoms with E-state index >= 15 is 4.39 Å². The summed E-state index contributed by atoms with van der Waals surface area (Å²) in [6.07, 6.45) is 3.66. The Balaban J connectivity index is 1.89. The second kappa shape index (κ2) is 8.69. The molecular weight excluding hydrogens is 426 g/mol. The fraction of sp³-hybridized carbons (Fsp3) is 0.524. The zero-order chi connectivity index (χ0) is 23.2. The molecule has 1 aliphatic carbocycles. The molecule has 1 aliphatic heterocycles. The Hall–Kier alpha value is -2.69. The highest BCUT2D eigenvalue weighted by Gasteiger charge is 2.35. The molecule has 1 saturated carbocycles. The average Bonchev–Trinajstić information content (AvgIpc) is 3.48. The van der Waals surface area contributed by atoms with Crippen LogP contribution < -0.4 is 20.4 Å². The number of carbonyl (C=O) groups excluding carboxylic acids is 1. The summed E-state index contributed by atoms with van der Waals surface area (Å²) >= 11 is 0. The van der Waals surface area contributed by atoms with Crippen LogP contribution in [0.15, 0.2) is 17.1 Å². The molecule has 0 spiro atoms. The minimum Gasteiger partial charge on any atom is -0.492 e. The third kappa shape index (κ3) is 3.94. The molecule has 4 rings (SSSR count). The molecule has 0 bridgehead atoms. The van der Waals surface area contributed by atoms with Crippen LogP contribution in [0.1, 0.15) is 42.6 Å². The molecule has 2 fully saturated rings. The first-order valence-electron chi connectivity index (χ1n) is 10.6. The number of halogens is 3. The Labute approximate surface area is 183 Å². The summed E-state index contributed by atoms with van der Waals surface area (Å²) in [6, 6.07) is 1.28. The molecule has 1 aromatic heterocycles. The van der Waals surface area contributed by atoms with Crippen LogP contribution in [0.4, 0.5) is 18.7 Å². The first-order valence-corrected chi connectivity index (χ1v) is 10.6. The average molecular weight is 451 g/mol. The molecule has 0 radical (unpaired) electrons. The minimum atomic E-state index is -3.36. The van der Waals surface area contributed by atoms with Crippen molar-refractivity contribution in [1.29, 1.82) is 0 Å². The Morgan fingerprint density at radius 2 is 2.03 bits per heavy atom. The highest BCUT2D eigenvalue weighted by atomic mass is 19.2. The van der Waals surface area contributed by atoms with E-state index in [1.54, 1.807) is 4.57 Å². The SMILES string of the molecule is CN[C@@H](C)[C@@H]1CCN(c2c(F)cc3c(=O)c(C(=O)OB(F)F)cn(C4CC4)c3c2OC)C1. The van der Waals surface area contributed by atoms with Crippen LogP contribution in [-0.2, 0) is 4.65 Å². The van der Waals surface area contributed by atoms with Gasteiger partial charge in [-0.05, 0) is 45.2 Å². The monoisotopic (exact) mass is 451 g/mol. The lowest BCUT2D eigenvalue weighted by molar-refractivity contribution is 0.0693. The van der Waals surface area contributed by atoms with Gasteiger partial charge < -0.3 is 24.2 Å². The number of carbonyl (C=O) groups is 1. The number of pyridine rings is 1. The molecule has 7 nitrogen and oxygen atoms in total. The number of anilines is 1. The van der Waals surface area contributed by atoms with Gasteiger partial charge in [-0.3, -0.25) is 4.79 Å². The number of rotatable bonds is 7. The number of nitrogens with zero attached hydrogens (tertiary/aromatic N) is 2. The number of hydrogen-bond acceptors (Lipinski definition) is 6. The van der Waals surface area contributed by atoms with Crippen LogP contribution in [-0.4, -0.2) is 51.3 Å². The van der Waals surface area contributed by atoms with Gasteiger partial charge in [0.15, 0.2) is 11.6 Å². The molecule has 0 unspecified atom stereocenters. The summed E-state index contributed by atoms with van der Waals surface area (Å²) in [7, 11) is -0.0683. The summed E-state index contributed by atoms with van der Waals surface area (Å²) in [5.74, 6) is -1.58. The summed E-state index contributed by atoms with van der Waals surface area (Å²) < 4.78 is 51.7. The van der Waals surface area contributed by atoms with Gasteiger partial charge in [0.25, 0.3) is 0 Å². The summed E-state index contributed by atoms with van der Waals surface area (Å²) in [4.78, 5) is 27.0. The van der Waals surface area contributed by atoms with Crippen molar-refractivity contribution in [3.8, 4) is 5.75 Å². The molecule has 172 valence electrons. The highest BCUT2D eigenvalue weighted by molar-refractivity contribution is 6.38. The van der Waals surface area contributed by atoms with E-state index in [4.69, 9.17) is 4.74 Å². The molecule has 32 heavy (non-hydrogen) atoms. The molecule has 1 aromatic carbocycles. The van der Waals surface area contributed by atoms with Gasteiger partial charge in [-0.15, -0.1) is 0 Å². The molecule has 2 heterocycles. The van der Waals surface area contributed by atoms with Gasteiger partial charge in [-0.1, -0.05) is 0 Å². The minimum absolute atomic E-state index is 0.0425. The van der Waals surface area contributed by atoms with Crippen molar-refractivity contribution in [3.05, 3.63) is 33.9 Å². The van der Waals surface area contributed by atoms with E-state index in [9.17, 15) is 18.2 Å². The smallest absolute Gasteiger partial charge is 0.492 e. The number of nitrogens with one attached hydrogen (secondary N) is 1. The van der Waals surface area contributed by atoms with Crippen LogP contribution >= 0.6 is 0 Å². The third-order valence-corrected chi connectivity index (χ3v) is 6.46. The van der Waals surface area contributed by atoms with Crippen molar-refractivity contribution in [3.63, 3.8) is 0 Å². The van der Waals surface area contributed by atoms with E-state index in [2.05, 4.69) is 16.9 Å². The summed E-state index contributed by atoms with van der Waals surface area (Å²) in [5, 5.41) is 3.13. The number of aromatic nitrogens is 1. The van der Waals surface area contributed by atoms with Crippen molar-refractivity contribution in [2.75, 3.05) is 32.1 Å². The fourth-order valence-electron chi connectivity index (χ4n) is 4.50. The van der Waals surface area contributed by atoms with Gasteiger partial charge in [0, 0.05) is 31.4 Å². The van der Waals surface area contributed by atoms with Crippen molar-refractivity contribution in [1.82, 2.24) is 9.88 Å². The highest BCUT2D eigenvalue weighted by Crippen LogP contribution is 2.44. The fourth-order valence-corrected chi connectivity index (χ4v) is 4.50. The molecule has 1 N–H and O–H groups in total. The number of fused-ring (bicyclic) bond motifs is 1. The van der Waals surface area contributed by atoms with Gasteiger partial charge in [0.2, 0.25) is 5.43 Å². The number of methoxy groups -OCH3 is 1. The maximum atomic E-state index is 15.4. The maximum absolute atomic E-state index is 15.4. The largest absolute Gasteiger partial charge is 0.798 e. The molecule has 11 heteroatoms. The maximum Gasteiger partial charge on any atom is 0.798 e. The van der Waals surface area contributed by atoms with Gasteiger partial charge in [0.1, 0.15) is 11.3 Å². The molecule has 1 saturated heterocycles. The lowest BCUT2D eigenvalue weighted by Gasteiger charge is -2.25. The van der Waals surface area contributed by atoms with Crippen LogP contribution in [0.25, 0.3) is 10.9 Å². The van der Waals surface area contributed by atoms with Crippen molar-refractivity contribution < 1.29 is 27.2 Å². The van der Waals surface area contributed by atoms with Gasteiger partial charge >= 0.3 is 13.4 Å². The molecule has 2 aliphatic rings. The number of benzene rings is 1. The van der Waals surface area contributed by atoms with E-state index in [0.717, 1.165) is 25.3 Å². The Morgan fingerprint density at radius 1 is 1.31 bits per heavy atom. The molecule has 0 amide bonds. The normalized spacial score (nSPS) is 19.3. The Kier molecular flexibility index (Phi) is 6.11. The van der Waals surface area contributed by atoms with Gasteiger partial charge in [0.05, 0.1) is 18.0 Å². The van der Waals surface area contributed by atoms with Crippen LogP contribution in [0.5, 0.6) is 5.75 Å². The Morgan fingerprint density at radius 3 is 2.62 bits per heavy atom.